The Morgan fingerprint density at radius 3 is 2.20 bits per heavy atom. The molecule has 2 N–H and O–H groups in total. The Balaban J connectivity index is 1.64. The normalized spacial score (nSPS) is 11.7. The lowest BCUT2D eigenvalue weighted by atomic mass is 9.84. The molecule has 0 fully saturated rings. The van der Waals surface area contributed by atoms with Gasteiger partial charge in [-0.25, -0.2) is 8.42 Å². The van der Waals surface area contributed by atoms with Gasteiger partial charge in [-0.05, 0) is 48.9 Å². The van der Waals surface area contributed by atoms with Crippen molar-refractivity contribution in [3.63, 3.8) is 0 Å². The van der Waals surface area contributed by atoms with Crippen molar-refractivity contribution in [3.8, 4) is 0 Å². The van der Waals surface area contributed by atoms with Gasteiger partial charge >= 0.3 is 0 Å². The van der Waals surface area contributed by atoms with Crippen LogP contribution in [0.2, 0.25) is 0 Å². The Kier molecular flexibility index (Phi) is 6.27. The molecule has 30 heavy (non-hydrogen) atoms. The molecular formula is C24H26N2O3S. The molecule has 0 bridgehead atoms. The van der Waals surface area contributed by atoms with Crippen LogP contribution in [0.4, 0.5) is 5.69 Å². The second-order valence-corrected chi connectivity index (χ2v) is 9.61. The summed E-state index contributed by atoms with van der Waals surface area (Å²) >= 11 is 0. The predicted molar refractivity (Wildman–Crippen MR) is 120 cm³/mol. The zero-order valence-corrected chi connectivity index (χ0v) is 18.2. The average molecular weight is 423 g/mol. The third kappa shape index (κ3) is 5.27. The van der Waals surface area contributed by atoms with Crippen LogP contribution >= 0.6 is 0 Å². The first-order chi connectivity index (χ1) is 14.2. The van der Waals surface area contributed by atoms with E-state index in [4.69, 9.17) is 0 Å². The maximum absolute atomic E-state index is 12.6. The van der Waals surface area contributed by atoms with E-state index in [2.05, 4.69) is 36.0 Å². The largest absolute Gasteiger partial charge is 0.351 e. The summed E-state index contributed by atoms with van der Waals surface area (Å²) in [7, 11) is -3.66. The predicted octanol–water partition coefficient (Wildman–Crippen LogP) is 4.50. The lowest BCUT2D eigenvalue weighted by Crippen LogP contribution is -2.36. The topological polar surface area (TPSA) is 75.3 Å². The van der Waals surface area contributed by atoms with Crippen LogP contribution in [0.1, 0.15) is 35.3 Å². The summed E-state index contributed by atoms with van der Waals surface area (Å²) in [5.41, 5.74) is 2.99. The van der Waals surface area contributed by atoms with Crippen LogP contribution in [-0.2, 0) is 15.4 Å². The second-order valence-electron chi connectivity index (χ2n) is 7.93. The molecule has 0 heterocycles. The first-order valence-corrected chi connectivity index (χ1v) is 11.2. The number of carbonyl (C=O) groups is 1. The minimum absolute atomic E-state index is 0.185. The van der Waals surface area contributed by atoms with Gasteiger partial charge in [0.25, 0.3) is 15.9 Å². The monoisotopic (exact) mass is 422 g/mol. The fourth-order valence-corrected chi connectivity index (χ4v) is 4.15. The summed E-state index contributed by atoms with van der Waals surface area (Å²) in [5, 5.41) is 2.97. The zero-order valence-electron chi connectivity index (χ0n) is 17.3. The first kappa shape index (κ1) is 21.6. The van der Waals surface area contributed by atoms with Gasteiger partial charge in [-0.3, -0.25) is 9.52 Å². The number of amides is 1. The van der Waals surface area contributed by atoms with Crippen molar-refractivity contribution in [1.29, 1.82) is 0 Å². The Labute approximate surface area is 178 Å². The molecule has 0 saturated heterocycles. The molecule has 1 amide bonds. The lowest BCUT2D eigenvalue weighted by molar-refractivity contribution is 0.0945. The Bertz CT molecular complexity index is 1120. The molecular weight excluding hydrogens is 396 g/mol. The van der Waals surface area contributed by atoms with Crippen LogP contribution in [0.25, 0.3) is 0 Å². The highest BCUT2D eigenvalue weighted by Gasteiger charge is 2.22. The fourth-order valence-electron chi connectivity index (χ4n) is 3.07. The van der Waals surface area contributed by atoms with E-state index in [0.29, 0.717) is 17.8 Å². The number of rotatable bonds is 7. The smallest absolute Gasteiger partial charge is 0.261 e. The number of anilines is 1. The molecule has 3 aromatic rings. The minimum atomic E-state index is -3.66. The fraction of sp³-hybridized carbons (Fsp3) is 0.208. The molecule has 0 aromatic heterocycles. The number of nitrogens with one attached hydrogen (secondary N) is 2. The highest BCUT2D eigenvalue weighted by molar-refractivity contribution is 7.92. The van der Waals surface area contributed by atoms with Gasteiger partial charge in [-0.15, -0.1) is 0 Å². The van der Waals surface area contributed by atoms with Gasteiger partial charge in [0.05, 0.1) is 4.90 Å². The van der Waals surface area contributed by atoms with Crippen LogP contribution in [0.15, 0.2) is 83.8 Å². The van der Waals surface area contributed by atoms with E-state index in [0.717, 1.165) is 5.56 Å². The lowest BCUT2D eigenvalue weighted by Gasteiger charge is -2.26. The summed E-state index contributed by atoms with van der Waals surface area (Å²) < 4.78 is 27.3. The summed E-state index contributed by atoms with van der Waals surface area (Å²) in [6.07, 6.45) is 0. The number of hydrogen-bond donors (Lipinski definition) is 2. The summed E-state index contributed by atoms with van der Waals surface area (Å²) in [5.74, 6) is -0.201. The molecule has 3 aromatic carbocycles. The molecule has 6 heteroatoms. The second kappa shape index (κ2) is 8.71. The van der Waals surface area contributed by atoms with Crippen molar-refractivity contribution in [2.24, 2.45) is 0 Å². The average Bonchev–Trinajstić information content (AvgIpc) is 2.73. The molecule has 0 atom stereocenters. The van der Waals surface area contributed by atoms with Crippen molar-refractivity contribution in [3.05, 3.63) is 95.6 Å². The number of carbonyl (C=O) groups excluding carboxylic acids is 1. The van der Waals surface area contributed by atoms with Gasteiger partial charge in [0.15, 0.2) is 0 Å². The van der Waals surface area contributed by atoms with Gasteiger partial charge in [-0.2, -0.15) is 0 Å². The molecule has 0 aliphatic heterocycles. The summed E-state index contributed by atoms with van der Waals surface area (Å²) in [6.45, 7) is 6.70. The molecule has 0 radical (unpaired) electrons. The molecule has 0 saturated carbocycles. The highest BCUT2D eigenvalue weighted by Crippen LogP contribution is 2.23. The maximum Gasteiger partial charge on any atom is 0.261 e. The van der Waals surface area contributed by atoms with E-state index in [1.807, 2.05) is 19.1 Å². The first-order valence-electron chi connectivity index (χ1n) is 9.71. The molecule has 156 valence electrons. The van der Waals surface area contributed by atoms with E-state index in [-0.39, 0.29) is 16.2 Å². The van der Waals surface area contributed by atoms with Gasteiger partial charge in [-0.1, -0.05) is 61.9 Å². The number of sulfonamides is 1. The van der Waals surface area contributed by atoms with Crippen LogP contribution in [0, 0.1) is 6.92 Å². The summed E-state index contributed by atoms with van der Waals surface area (Å²) in [6, 6.07) is 22.8. The van der Waals surface area contributed by atoms with Crippen LogP contribution in [0.5, 0.6) is 0 Å². The third-order valence-corrected chi connectivity index (χ3v) is 6.34. The third-order valence-electron chi connectivity index (χ3n) is 4.94. The van der Waals surface area contributed by atoms with Crippen molar-refractivity contribution < 1.29 is 13.2 Å². The van der Waals surface area contributed by atoms with Crippen molar-refractivity contribution in [1.82, 2.24) is 5.32 Å². The van der Waals surface area contributed by atoms with E-state index in [1.165, 1.54) is 17.7 Å². The van der Waals surface area contributed by atoms with Crippen molar-refractivity contribution in [2.45, 2.75) is 31.1 Å². The molecule has 5 nitrogen and oxygen atoms in total. The number of aryl methyl sites for hydroxylation is 1. The van der Waals surface area contributed by atoms with Gasteiger partial charge in [0.1, 0.15) is 0 Å². The Morgan fingerprint density at radius 1 is 0.900 bits per heavy atom. The SMILES string of the molecule is Cc1cccc(C(C)(C)CNC(=O)c2ccc(NS(=O)(=O)c3ccccc3)cc2)c1. The van der Waals surface area contributed by atoms with E-state index in [1.54, 1.807) is 42.5 Å². The van der Waals surface area contributed by atoms with E-state index >= 15 is 0 Å². The van der Waals surface area contributed by atoms with Crippen LogP contribution in [-0.4, -0.2) is 20.9 Å². The molecule has 0 aliphatic rings. The number of hydrogen-bond acceptors (Lipinski definition) is 3. The van der Waals surface area contributed by atoms with E-state index < -0.39 is 10.0 Å². The Morgan fingerprint density at radius 2 is 1.57 bits per heavy atom. The summed E-state index contributed by atoms with van der Waals surface area (Å²) in [4.78, 5) is 12.7. The quantitative estimate of drug-likeness (QED) is 0.588. The molecule has 0 unspecified atom stereocenters. The minimum Gasteiger partial charge on any atom is -0.351 e. The standard InChI is InChI=1S/C24H26N2O3S/c1-18-8-7-9-20(16-18)24(2,3)17-25-23(27)19-12-14-21(15-13-19)26-30(28,29)22-10-5-4-6-11-22/h4-16,26H,17H2,1-3H3,(H,25,27). The van der Waals surface area contributed by atoms with Crippen molar-refractivity contribution in [2.75, 3.05) is 11.3 Å². The van der Waals surface area contributed by atoms with Gasteiger partial charge in [0.2, 0.25) is 0 Å². The van der Waals surface area contributed by atoms with Crippen LogP contribution in [0.3, 0.4) is 0 Å². The van der Waals surface area contributed by atoms with Crippen LogP contribution < -0.4 is 10.0 Å². The van der Waals surface area contributed by atoms with Gasteiger partial charge in [0, 0.05) is 23.2 Å². The highest BCUT2D eigenvalue weighted by atomic mass is 32.2. The number of benzene rings is 3. The maximum atomic E-state index is 12.6. The van der Waals surface area contributed by atoms with Crippen molar-refractivity contribution >= 4 is 21.6 Å². The molecule has 0 spiro atoms. The molecule has 3 rings (SSSR count). The van der Waals surface area contributed by atoms with E-state index in [9.17, 15) is 13.2 Å². The van der Waals surface area contributed by atoms with Gasteiger partial charge < -0.3 is 5.32 Å². The molecule has 0 aliphatic carbocycles. The zero-order chi connectivity index (χ0) is 21.8. The Hall–Kier alpha value is -3.12.